The van der Waals surface area contributed by atoms with Crippen molar-refractivity contribution in [1.82, 2.24) is 9.88 Å². The van der Waals surface area contributed by atoms with Crippen LogP contribution in [0.25, 0.3) is 10.2 Å². The lowest BCUT2D eigenvalue weighted by molar-refractivity contribution is -0.131. The number of para-hydroxylation sites is 1. The molecular weight excluding hydrogens is 332 g/mol. The summed E-state index contributed by atoms with van der Waals surface area (Å²) in [7, 11) is 1.65. The molecule has 4 rings (SSSR count). The molecule has 1 aromatic heterocycles. The smallest absolute Gasteiger partial charge is 0.227 e. The molecule has 25 heavy (non-hydrogen) atoms. The van der Waals surface area contributed by atoms with Gasteiger partial charge in [-0.3, -0.25) is 4.79 Å². The Hall–Kier alpha value is -2.40. The van der Waals surface area contributed by atoms with Crippen molar-refractivity contribution < 1.29 is 9.53 Å². The third kappa shape index (κ3) is 3.24. The molecule has 0 radical (unpaired) electrons. The number of likely N-dealkylation sites (tertiary alicyclic amines) is 1. The number of carbonyl (C=O) groups excluding carboxylic acids is 1. The standard InChI is InChI=1S/C20H20N2O2S/c1-24-15-10-8-14(9-11-15)13-19(23)22-12-4-6-17(22)20-21-16-5-2-3-7-18(16)25-20/h2-3,5,7-11,17H,4,6,12-13H2,1H3/t17-/m1/s1. The predicted molar refractivity (Wildman–Crippen MR) is 100 cm³/mol. The molecule has 0 spiro atoms. The Labute approximate surface area is 151 Å². The van der Waals surface area contributed by atoms with Gasteiger partial charge in [-0.1, -0.05) is 24.3 Å². The Balaban J connectivity index is 1.52. The Morgan fingerprint density at radius 1 is 1.24 bits per heavy atom. The molecule has 1 atom stereocenters. The van der Waals surface area contributed by atoms with Gasteiger partial charge in [-0.25, -0.2) is 4.98 Å². The average molecular weight is 352 g/mol. The highest BCUT2D eigenvalue weighted by Crippen LogP contribution is 2.36. The second-order valence-electron chi connectivity index (χ2n) is 6.29. The van der Waals surface area contributed by atoms with E-state index in [2.05, 4.69) is 6.07 Å². The fraction of sp³-hybridized carbons (Fsp3) is 0.300. The number of nitrogens with zero attached hydrogens (tertiary/aromatic N) is 2. The molecule has 1 fully saturated rings. The molecule has 1 amide bonds. The van der Waals surface area contributed by atoms with Crippen molar-refractivity contribution in [2.75, 3.05) is 13.7 Å². The van der Waals surface area contributed by atoms with Crippen LogP contribution >= 0.6 is 11.3 Å². The van der Waals surface area contributed by atoms with Gasteiger partial charge in [-0.05, 0) is 42.7 Å². The van der Waals surface area contributed by atoms with Crippen molar-refractivity contribution in [1.29, 1.82) is 0 Å². The van der Waals surface area contributed by atoms with Gasteiger partial charge in [0.25, 0.3) is 0 Å². The number of hydrogen-bond acceptors (Lipinski definition) is 4. The molecular formula is C20H20N2O2S. The van der Waals surface area contributed by atoms with Crippen LogP contribution in [-0.2, 0) is 11.2 Å². The molecule has 0 bridgehead atoms. The minimum atomic E-state index is 0.114. The first-order chi connectivity index (χ1) is 12.2. The van der Waals surface area contributed by atoms with Crippen LogP contribution in [0, 0.1) is 0 Å². The Bertz CT molecular complexity index is 855. The molecule has 2 aromatic carbocycles. The zero-order chi connectivity index (χ0) is 17.2. The molecule has 1 saturated heterocycles. The number of benzene rings is 2. The molecule has 128 valence electrons. The lowest BCUT2D eigenvalue weighted by Gasteiger charge is -2.23. The average Bonchev–Trinajstić information content (AvgIpc) is 3.28. The first-order valence-corrected chi connectivity index (χ1v) is 9.34. The molecule has 0 N–H and O–H groups in total. The van der Waals surface area contributed by atoms with E-state index in [9.17, 15) is 4.79 Å². The van der Waals surface area contributed by atoms with Gasteiger partial charge >= 0.3 is 0 Å². The fourth-order valence-corrected chi connectivity index (χ4v) is 4.49. The van der Waals surface area contributed by atoms with Crippen molar-refractivity contribution in [3.05, 3.63) is 59.1 Å². The van der Waals surface area contributed by atoms with Crippen molar-refractivity contribution in [3.8, 4) is 5.75 Å². The SMILES string of the molecule is COc1ccc(CC(=O)N2CCC[C@@H]2c2nc3ccccc3s2)cc1. The number of ether oxygens (including phenoxy) is 1. The normalized spacial score (nSPS) is 17.2. The number of carbonyl (C=O) groups is 1. The molecule has 2 heterocycles. The first-order valence-electron chi connectivity index (χ1n) is 8.52. The van der Waals surface area contributed by atoms with Gasteiger partial charge in [0, 0.05) is 6.54 Å². The van der Waals surface area contributed by atoms with Crippen LogP contribution in [0.1, 0.15) is 29.5 Å². The third-order valence-corrected chi connectivity index (χ3v) is 5.82. The Morgan fingerprint density at radius 2 is 2.04 bits per heavy atom. The van der Waals surface area contributed by atoms with Crippen molar-refractivity contribution in [3.63, 3.8) is 0 Å². The summed E-state index contributed by atoms with van der Waals surface area (Å²) in [6.45, 7) is 0.815. The van der Waals surface area contributed by atoms with Gasteiger partial charge in [0.1, 0.15) is 10.8 Å². The fourth-order valence-electron chi connectivity index (χ4n) is 3.37. The minimum absolute atomic E-state index is 0.114. The number of fused-ring (bicyclic) bond motifs is 1. The highest BCUT2D eigenvalue weighted by Gasteiger charge is 2.32. The van der Waals surface area contributed by atoms with E-state index in [-0.39, 0.29) is 11.9 Å². The summed E-state index contributed by atoms with van der Waals surface area (Å²) in [6.07, 6.45) is 2.45. The van der Waals surface area contributed by atoms with Gasteiger partial charge in [0.15, 0.2) is 0 Å². The van der Waals surface area contributed by atoms with E-state index < -0.39 is 0 Å². The molecule has 5 heteroatoms. The highest BCUT2D eigenvalue weighted by molar-refractivity contribution is 7.18. The van der Waals surface area contributed by atoms with Crippen molar-refractivity contribution in [2.24, 2.45) is 0 Å². The van der Waals surface area contributed by atoms with Crippen LogP contribution in [0.5, 0.6) is 5.75 Å². The highest BCUT2D eigenvalue weighted by atomic mass is 32.1. The van der Waals surface area contributed by atoms with Crippen LogP contribution in [-0.4, -0.2) is 29.4 Å². The summed E-state index contributed by atoms with van der Waals surface area (Å²) in [5.41, 5.74) is 2.04. The largest absolute Gasteiger partial charge is 0.497 e. The summed E-state index contributed by atoms with van der Waals surface area (Å²) in [5, 5.41) is 1.06. The molecule has 1 aliphatic rings. The summed E-state index contributed by atoms with van der Waals surface area (Å²) in [4.78, 5) is 19.6. The lowest BCUT2D eigenvalue weighted by atomic mass is 10.1. The molecule has 1 aliphatic heterocycles. The maximum Gasteiger partial charge on any atom is 0.227 e. The maximum atomic E-state index is 12.8. The summed E-state index contributed by atoms with van der Waals surface area (Å²) >= 11 is 1.71. The topological polar surface area (TPSA) is 42.4 Å². The summed E-state index contributed by atoms with van der Waals surface area (Å²) < 4.78 is 6.36. The monoisotopic (exact) mass is 352 g/mol. The number of rotatable bonds is 4. The van der Waals surface area contributed by atoms with E-state index in [1.54, 1.807) is 18.4 Å². The zero-order valence-electron chi connectivity index (χ0n) is 14.1. The molecule has 0 aliphatic carbocycles. The van der Waals surface area contributed by atoms with Crippen LogP contribution in [0.4, 0.5) is 0 Å². The Morgan fingerprint density at radius 3 is 2.80 bits per heavy atom. The van der Waals surface area contributed by atoms with Gasteiger partial charge < -0.3 is 9.64 Å². The lowest BCUT2D eigenvalue weighted by Crippen LogP contribution is -2.31. The second-order valence-corrected chi connectivity index (χ2v) is 7.35. The zero-order valence-corrected chi connectivity index (χ0v) is 15.0. The number of thiazole rings is 1. The number of hydrogen-bond donors (Lipinski definition) is 0. The number of amides is 1. The van der Waals surface area contributed by atoms with Crippen LogP contribution in [0.15, 0.2) is 48.5 Å². The van der Waals surface area contributed by atoms with Crippen LogP contribution in [0.3, 0.4) is 0 Å². The molecule has 0 saturated carbocycles. The summed E-state index contributed by atoms with van der Waals surface area (Å²) in [6, 6.07) is 16.0. The number of aromatic nitrogens is 1. The molecule has 0 unspecified atom stereocenters. The van der Waals surface area contributed by atoms with E-state index in [0.717, 1.165) is 41.2 Å². The quantitative estimate of drug-likeness (QED) is 0.706. The molecule has 4 nitrogen and oxygen atoms in total. The minimum Gasteiger partial charge on any atom is -0.497 e. The van der Waals surface area contributed by atoms with E-state index in [0.29, 0.717) is 6.42 Å². The molecule has 3 aromatic rings. The third-order valence-electron chi connectivity index (χ3n) is 4.68. The van der Waals surface area contributed by atoms with Crippen LogP contribution < -0.4 is 4.74 Å². The van der Waals surface area contributed by atoms with E-state index in [1.165, 1.54) is 4.70 Å². The van der Waals surface area contributed by atoms with Gasteiger partial charge in [0.2, 0.25) is 5.91 Å². The van der Waals surface area contributed by atoms with E-state index in [4.69, 9.17) is 9.72 Å². The van der Waals surface area contributed by atoms with Crippen molar-refractivity contribution in [2.45, 2.75) is 25.3 Å². The maximum absolute atomic E-state index is 12.8. The second kappa shape index (κ2) is 6.84. The van der Waals surface area contributed by atoms with E-state index >= 15 is 0 Å². The summed E-state index contributed by atoms with van der Waals surface area (Å²) in [5.74, 6) is 0.983. The van der Waals surface area contributed by atoms with Gasteiger partial charge in [-0.2, -0.15) is 0 Å². The van der Waals surface area contributed by atoms with E-state index in [1.807, 2.05) is 47.4 Å². The van der Waals surface area contributed by atoms with Crippen LogP contribution in [0.2, 0.25) is 0 Å². The van der Waals surface area contributed by atoms with Crippen molar-refractivity contribution >= 4 is 27.5 Å². The first kappa shape index (κ1) is 16.1. The Kier molecular flexibility index (Phi) is 4.40. The van der Waals surface area contributed by atoms with Gasteiger partial charge in [0.05, 0.1) is 29.8 Å². The number of methoxy groups -OCH3 is 1. The predicted octanol–water partition coefficient (Wildman–Crippen LogP) is 4.21. The van der Waals surface area contributed by atoms with Gasteiger partial charge in [-0.15, -0.1) is 11.3 Å².